The molecule has 1 saturated heterocycles. The first-order chi connectivity index (χ1) is 16.0. The third-order valence-electron chi connectivity index (χ3n) is 6.70. The van der Waals surface area contributed by atoms with Gasteiger partial charge in [-0.2, -0.15) is 4.98 Å². The zero-order chi connectivity index (χ0) is 22.7. The van der Waals surface area contributed by atoms with E-state index in [0.717, 1.165) is 48.5 Å². The topological polar surface area (TPSA) is 109 Å². The largest absolute Gasteiger partial charge is 0.341 e. The Balaban J connectivity index is 1.39. The highest BCUT2D eigenvalue weighted by Crippen LogP contribution is 2.34. The quantitative estimate of drug-likeness (QED) is 0.650. The predicted octanol–water partition coefficient (Wildman–Crippen LogP) is 1.43. The van der Waals surface area contributed by atoms with Crippen molar-refractivity contribution in [3.63, 3.8) is 0 Å². The van der Waals surface area contributed by atoms with Crippen molar-refractivity contribution in [3.05, 3.63) is 41.5 Å². The van der Waals surface area contributed by atoms with Crippen LogP contribution < -0.4 is 15.5 Å². The van der Waals surface area contributed by atoms with E-state index in [1.165, 1.54) is 0 Å². The molecule has 0 unspecified atom stereocenters. The van der Waals surface area contributed by atoms with E-state index in [9.17, 15) is 4.79 Å². The van der Waals surface area contributed by atoms with Crippen LogP contribution in [0.2, 0.25) is 0 Å². The lowest BCUT2D eigenvalue weighted by Crippen LogP contribution is -2.50. The molecule has 5 heterocycles. The molecule has 2 aromatic heterocycles. The van der Waals surface area contributed by atoms with E-state index < -0.39 is 0 Å². The van der Waals surface area contributed by atoms with E-state index in [0.29, 0.717) is 36.4 Å². The van der Waals surface area contributed by atoms with Gasteiger partial charge in [-0.3, -0.25) is 19.6 Å². The smallest absolute Gasteiger partial charge is 0.281 e. The molecule has 1 atom stereocenters. The molecule has 10 nitrogen and oxygen atoms in total. The number of nitrogens with zero attached hydrogens (tertiary/aromatic N) is 8. The van der Waals surface area contributed by atoms with Gasteiger partial charge in [-0.25, -0.2) is 9.97 Å². The summed E-state index contributed by atoms with van der Waals surface area (Å²) in [5.74, 6) is 2.57. The maximum absolute atomic E-state index is 13.8. The fourth-order valence-corrected chi connectivity index (χ4v) is 5.11. The van der Waals surface area contributed by atoms with Gasteiger partial charge in [-0.05, 0) is 25.8 Å². The Morgan fingerprint density at radius 3 is 2.85 bits per heavy atom. The molecule has 3 aliphatic rings. The third-order valence-corrected chi connectivity index (χ3v) is 6.70. The number of para-hydroxylation sites is 1. The van der Waals surface area contributed by atoms with Crippen molar-refractivity contribution in [2.45, 2.75) is 32.4 Å². The van der Waals surface area contributed by atoms with Crippen LogP contribution in [0.5, 0.6) is 0 Å². The van der Waals surface area contributed by atoms with Crippen LogP contribution in [0.1, 0.15) is 34.8 Å². The van der Waals surface area contributed by atoms with Crippen LogP contribution in [0.25, 0.3) is 10.9 Å². The summed E-state index contributed by atoms with van der Waals surface area (Å²) in [7, 11) is 1.91. The number of carbonyl (C=O) groups is 1. The molecule has 0 spiro atoms. The molecule has 33 heavy (non-hydrogen) atoms. The summed E-state index contributed by atoms with van der Waals surface area (Å²) in [5, 5.41) is 1.02. The minimum absolute atomic E-state index is 0.122. The number of hydrogen-bond acceptors (Lipinski definition) is 8. The van der Waals surface area contributed by atoms with Crippen molar-refractivity contribution in [3.8, 4) is 0 Å². The Morgan fingerprint density at radius 1 is 1.15 bits per heavy atom. The van der Waals surface area contributed by atoms with E-state index in [2.05, 4.69) is 14.9 Å². The van der Waals surface area contributed by atoms with Crippen molar-refractivity contribution in [1.29, 1.82) is 0 Å². The number of nitrogens with two attached hydrogens (primary N) is 1. The minimum atomic E-state index is -0.126. The number of aromatic nitrogens is 4. The highest BCUT2D eigenvalue weighted by atomic mass is 16.2. The van der Waals surface area contributed by atoms with Gasteiger partial charge in [0.1, 0.15) is 5.82 Å². The van der Waals surface area contributed by atoms with Gasteiger partial charge in [-0.1, -0.05) is 18.2 Å². The summed E-state index contributed by atoms with van der Waals surface area (Å²) in [6.07, 6.45) is 2.04. The van der Waals surface area contributed by atoms with Crippen LogP contribution in [0, 0.1) is 6.92 Å². The molecule has 0 bridgehead atoms. The van der Waals surface area contributed by atoms with E-state index in [1.54, 1.807) is 4.90 Å². The predicted molar refractivity (Wildman–Crippen MR) is 126 cm³/mol. The number of fused-ring (bicyclic) bond motifs is 4. The highest BCUT2D eigenvalue weighted by molar-refractivity contribution is 6.18. The van der Waals surface area contributed by atoms with Crippen LogP contribution in [0.3, 0.4) is 0 Å². The fraction of sp³-hybridized carbons (Fsp3) is 0.435. The van der Waals surface area contributed by atoms with E-state index in [4.69, 9.17) is 15.7 Å². The normalized spacial score (nSPS) is 20.3. The number of imidazole rings is 1. The molecular formula is C23H27N9O. The highest BCUT2D eigenvalue weighted by Gasteiger charge is 2.42. The number of rotatable bonds is 3. The first kappa shape index (κ1) is 20.1. The molecule has 1 amide bonds. The number of aryl methyl sites for hydroxylation is 1. The van der Waals surface area contributed by atoms with Gasteiger partial charge in [0.15, 0.2) is 11.5 Å². The average molecular weight is 446 g/mol. The molecule has 0 radical (unpaired) electrons. The standard InChI is InChI=1S/C23H27N9O/c1-14-16-7-3-4-8-17(16)27-18(26-14)13-32-21(33)19-20(31-11-9-25-22(31)32)28-23(29(19)2)30-10-5-6-15(24)12-30/h3-4,7-8,15H,5-6,9-13,24H2,1-2H3/t15-/m1/s1. The molecule has 1 fully saturated rings. The van der Waals surface area contributed by atoms with E-state index in [-0.39, 0.29) is 18.5 Å². The monoisotopic (exact) mass is 445 g/mol. The lowest BCUT2D eigenvalue weighted by Gasteiger charge is -2.33. The lowest BCUT2D eigenvalue weighted by molar-refractivity contribution is 0.0821. The summed E-state index contributed by atoms with van der Waals surface area (Å²) in [4.78, 5) is 38.6. The molecule has 3 aromatic rings. The minimum Gasteiger partial charge on any atom is -0.341 e. The Morgan fingerprint density at radius 2 is 2.00 bits per heavy atom. The second-order valence-corrected chi connectivity index (χ2v) is 8.96. The van der Waals surface area contributed by atoms with Gasteiger partial charge in [0, 0.05) is 43.8 Å². The molecule has 2 N–H and O–H groups in total. The summed E-state index contributed by atoms with van der Waals surface area (Å²) in [5.41, 5.74) is 8.55. The Labute approximate surface area is 191 Å². The number of amides is 1. The molecule has 0 aliphatic carbocycles. The van der Waals surface area contributed by atoms with Crippen LogP contribution in [-0.2, 0) is 13.6 Å². The molecule has 6 rings (SSSR count). The Hall–Kier alpha value is -3.53. The number of benzene rings is 1. The van der Waals surface area contributed by atoms with E-state index >= 15 is 0 Å². The summed E-state index contributed by atoms with van der Waals surface area (Å²) >= 11 is 0. The summed E-state index contributed by atoms with van der Waals surface area (Å²) in [6.45, 7) is 5.18. The van der Waals surface area contributed by atoms with Crippen molar-refractivity contribution in [1.82, 2.24) is 24.4 Å². The SMILES string of the molecule is Cc1nc(CN2C(=O)c3c(nc(N4CCC[C@@H](N)C4)n3C)N3CCN=C23)nc2ccccc12. The van der Waals surface area contributed by atoms with Crippen LogP contribution in [-0.4, -0.2) is 68.5 Å². The maximum atomic E-state index is 13.8. The number of carbonyl (C=O) groups excluding carboxylic acids is 1. The van der Waals surface area contributed by atoms with E-state index in [1.807, 2.05) is 47.7 Å². The van der Waals surface area contributed by atoms with Crippen molar-refractivity contribution >= 4 is 34.5 Å². The molecule has 3 aliphatic heterocycles. The zero-order valence-electron chi connectivity index (χ0n) is 18.9. The molecule has 10 heteroatoms. The summed E-state index contributed by atoms with van der Waals surface area (Å²) in [6, 6.07) is 8.05. The number of anilines is 2. The number of guanidine groups is 1. The summed E-state index contributed by atoms with van der Waals surface area (Å²) < 4.78 is 1.91. The number of piperidine rings is 1. The van der Waals surface area contributed by atoms with Gasteiger partial charge in [0.2, 0.25) is 11.9 Å². The Bertz CT molecular complexity index is 1300. The van der Waals surface area contributed by atoms with Crippen LogP contribution >= 0.6 is 0 Å². The second kappa shape index (κ2) is 7.51. The fourth-order valence-electron chi connectivity index (χ4n) is 5.11. The zero-order valence-corrected chi connectivity index (χ0v) is 18.9. The average Bonchev–Trinajstić information content (AvgIpc) is 3.42. The molecular weight excluding hydrogens is 418 g/mol. The van der Waals surface area contributed by atoms with Crippen molar-refractivity contribution < 1.29 is 4.79 Å². The Kier molecular flexibility index (Phi) is 4.58. The first-order valence-corrected chi connectivity index (χ1v) is 11.4. The molecule has 0 saturated carbocycles. The van der Waals surface area contributed by atoms with Gasteiger partial charge >= 0.3 is 0 Å². The van der Waals surface area contributed by atoms with Crippen molar-refractivity contribution in [2.75, 3.05) is 36.0 Å². The van der Waals surface area contributed by atoms with Crippen molar-refractivity contribution in [2.24, 2.45) is 17.8 Å². The number of aliphatic imine (C=N–C) groups is 1. The van der Waals surface area contributed by atoms with Crippen LogP contribution in [0.15, 0.2) is 29.3 Å². The van der Waals surface area contributed by atoms with Gasteiger partial charge in [-0.15, -0.1) is 0 Å². The van der Waals surface area contributed by atoms with Gasteiger partial charge in [0.05, 0.1) is 18.6 Å². The second-order valence-electron chi connectivity index (χ2n) is 8.96. The first-order valence-electron chi connectivity index (χ1n) is 11.4. The van der Waals surface area contributed by atoms with Crippen LogP contribution in [0.4, 0.5) is 11.8 Å². The number of hydrogen-bond donors (Lipinski definition) is 1. The molecule has 1 aromatic carbocycles. The van der Waals surface area contributed by atoms with Gasteiger partial charge in [0.25, 0.3) is 5.91 Å². The maximum Gasteiger partial charge on any atom is 0.281 e. The lowest BCUT2D eigenvalue weighted by atomic mass is 10.1. The third kappa shape index (κ3) is 3.16. The van der Waals surface area contributed by atoms with Gasteiger partial charge < -0.3 is 15.2 Å². The molecule has 170 valence electrons.